The molecule has 0 aliphatic heterocycles. The predicted octanol–water partition coefficient (Wildman–Crippen LogP) is 1.23. The van der Waals surface area contributed by atoms with Crippen molar-refractivity contribution in [1.82, 2.24) is 0 Å². The average molecular weight is 199 g/mol. The zero-order valence-corrected chi connectivity index (χ0v) is 6.36. The van der Waals surface area contributed by atoms with E-state index in [1.54, 1.807) is 0 Å². The molecule has 0 atom stereocenters. The van der Waals surface area contributed by atoms with Crippen molar-refractivity contribution in [2.24, 2.45) is 5.92 Å². The van der Waals surface area contributed by atoms with Gasteiger partial charge < -0.3 is 6.42 Å². The monoisotopic (exact) mass is 198 g/mol. The van der Waals surface area contributed by atoms with Crippen LogP contribution in [0.5, 0.6) is 0 Å². The summed E-state index contributed by atoms with van der Waals surface area (Å²) in [5.41, 5.74) is 0. The molecule has 1 heteroatoms. The number of hydrogen-bond donors (Lipinski definition) is 0. The van der Waals surface area contributed by atoms with E-state index >= 15 is 0 Å². The third kappa shape index (κ3) is 9.29. The van der Waals surface area contributed by atoms with Crippen molar-refractivity contribution in [2.75, 3.05) is 0 Å². The Labute approximate surface area is 66.6 Å². The maximum atomic E-state index is 6.37. The van der Waals surface area contributed by atoms with Crippen LogP contribution in [0.25, 0.3) is 0 Å². The Morgan fingerprint density at radius 3 is 2.00 bits per heavy atom. The van der Waals surface area contributed by atoms with Crippen LogP contribution in [-0.4, -0.2) is 0 Å². The summed E-state index contributed by atoms with van der Waals surface area (Å²) in [4.78, 5) is 0. The SMILES string of the molecule is [Ag+].[C-]#CC#CC(C)C. The summed E-state index contributed by atoms with van der Waals surface area (Å²) in [5.74, 6) is 7.51. The third-order valence-corrected chi connectivity index (χ3v) is 0.423. The van der Waals surface area contributed by atoms with Gasteiger partial charge in [-0.25, -0.2) is 5.92 Å². The van der Waals surface area contributed by atoms with Gasteiger partial charge in [-0.3, -0.25) is 11.8 Å². The fourth-order valence-corrected chi connectivity index (χ4v) is 0.180. The van der Waals surface area contributed by atoms with Crippen LogP contribution < -0.4 is 0 Å². The third-order valence-electron chi connectivity index (χ3n) is 0.423. The molecule has 0 unspecified atom stereocenters. The van der Waals surface area contributed by atoms with Crippen molar-refractivity contribution >= 4 is 0 Å². The molecule has 0 fully saturated rings. The van der Waals surface area contributed by atoms with Crippen molar-refractivity contribution in [3.63, 3.8) is 0 Å². The Morgan fingerprint density at radius 2 is 1.88 bits per heavy atom. The maximum absolute atomic E-state index is 6.37. The minimum absolute atomic E-state index is 0. The van der Waals surface area contributed by atoms with Gasteiger partial charge in [-0.1, -0.05) is 13.8 Å². The van der Waals surface area contributed by atoms with Gasteiger partial charge in [0.05, 0.1) is 0 Å². The molecule has 0 aliphatic rings. The van der Waals surface area contributed by atoms with Gasteiger partial charge in [-0.15, -0.1) is 0 Å². The molecule has 8 heavy (non-hydrogen) atoms. The molecule has 0 radical (unpaired) electrons. The normalized spacial score (nSPS) is 5.75. The Kier molecular flexibility index (Phi) is 9.24. The van der Waals surface area contributed by atoms with E-state index in [1.165, 1.54) is 0 Å². The first-order chi connectivity index (χ1) is 3.27. The minimum Gasteiger partial charge on any atom is -0.358 e. The number of hydrogen-bond acceptors (Lipinski definition) is 0. The van der Waals surface area contributed by atoms with Gasteiger partial charge in [0.2, 0.25) is 0 Å². The van der Waals surface area contributed by atoms with Gasteiger partial charge in [0.15, 0.2) is 0 Å². The molecule has 0 N–H and O–H groups in total. The van der Waals surface area contributed by atoms with Crippen molar-refractivity contribution in [1.29, 1.82) is 0 Å². The molecule has 0 nitrogen and oxygen atoms in total. The van der Waals surface area contributed by atoms with Gasteiger partial charge in [-0.2, -0.15) is 0 Å². The van der Waals surface area contributed by atoms with E-state index in [2.05, 4.69) is 11.8 Å². The fraction of sp³-hybridized carbons (Fsp3) is 0.429. The second kappa shape index (κ2) is 6.86. The first-order valence-electron chi connectivity index (χ1n) is 2.19. The first-order valence-corrected chi connectivity index (χ1v) is 2.19. The van der Waals surface area contributed by atoms with Gasteiger partial charge in [-0.05, 0) is 5.92 Å². The van der Waals surface area contributed by atoms with Gasteiger partial charge >= 0.3 is 22.4 Å². The summed E-state index contributed by atoms with van der Waals surface area (Å²) >= 11 is 0. The van der Waals surface area contributed by atoms with Gasteiger partial charge in [0.25, 0.3) is 0 Å². The number of rotatable bonds is 0. The summed E-state index contributed by atoms with van der Waals surface area (Å²) in [6.07, 6.45) is 6.37. The molecule has 46 valence electrons. The summed E-state index contributed by atoms with van der Waals surface area (Å²) < 4.78 is 0. The predicted molar refractivity (Wildman–Crippen MR) is 29.7 cm³/mol. The molecule has 0 aliphatic carbocycles. The fourth-order valence-electron chi connectivity index (χ4n) is 0.180. The van der Waals surface area contributed by atoms with Crippen LogP contribution in [0, 0.1) is 30.1 Å². The summed E-state index contributed by atoms with van der Waals surface area (Å²) in [5, 5.41) is 0. The molecular weight excluding hydrogens is 192 g/mol. The van der Waals surface area contributed by atoms with Crippen LogP contribution >= 0.6 is 0 Å². The van der Waals surface area contributed by atoms with Crippen LogP contribution in [0.1, 0.15) is 13.8 Å². The summed E-state index contributed by atoms with van der Waals surface area (Å²) in [6.45, 7) is 3.95. The maximum Gasteiger partial charge on any atom is 1.00 e. The van der Waals surface area contributed by atoms with E-state index in [4.69, 9.17) is 6.42 Å². The quantitative estimate of drug-likeness (QED) is 0.312. The Bertz CT molecular complexity index is 129. The van der Waals surface area contributed by atoms with Crippen molar-refractivity contribution < 1.29 is 22.4 Å². The van der Waals surface area contributed by atoms with Crippen molar-refractivity contribution in [3.8, 4) is 17.8 Å². The molecule has 0 saturated carbocycles. The molecule has 0 aromatic heterocycles. The van der Waals surface area contributed by atoms with Crippen molar-refractivity contribution in [2.45, 2.75) is 13.8 Å². The summed E-state index contributed by atoms with van der Waals surface area (Å²) in [6, 6.07) is 0. The molecule has 0 amide bonds. The Hall–Kier alpha value is -0.140. The molecule has 0 bridgehead atoms. The van der Waals surface area contributed by atoms with E-state index < -0.39 is 0 Å². The van der Waals surface area contributed by atoms with E-state index in [9.17, 15) is 0 Å². The second-order valence-corrected chi connectivity index (χ2v) is 1.55. The minimum atomic E-state index is 0. The van der Waals surface area contributed by atoms with Crippen LogP contribution in [0.2, 0.25) is 0 Å². The Balaban J connectivity index is 0. The molecule has 0 spiro atoms. The topological polar surface area (TPSA) is 0 Å². The van der Waals surface area contributed by atoms with Crippen LogP contribution in [-0.2, 0) is 22.4 Å². The Morgan fingerprint density at radius 1 is 1.38 bits per heavy atom. The summed E-state index contributed by atoms with van der Waals surface area (Å²) in [7, 11) is 0. The molecule has 0 aromatic rings. The zero-order valence-electron chi connectivity index (χ0n) is 4.88. The van der Waals surface area contributed by atoms with E-state index in [1.807, 2.05) is 19.8 Å². The van der Waals surface area contributed by atoms with E-state index in [0.29, 0.717) is 5.92 Å². The molecule has 0 heterocycles. The molecule has 0 aromatic carbocycles. The van der Waals surface area contributed by atoms with Crippen LogP contribution in [0.4, 0.5) is 0 Å². The van der Waals surface area contributed by atoms with E-state index in [0.717, 1.165) is 0 Å². The average Bonchev–Trinajstić information content (AvgIpc) is 1.61. The zero-order chi connectivity index (χ0) is 5.70. The molecule has 0 rings (SSSR count). The van der Waals surface area contributed by atoms with Gasteiger partial charge in [0, 0.05) is 0 Å². The van der Waals surface area contributed by atoms with Crippen LogP contribution in [0.15, 0.2) is 0 Å². The van der Waals surface area contributed by atoms with Crippen LogP contribution in [0.3, 0.4) is 0 Å². The van der Waals surface area contributed by atoms with Gasteiger partial charge in [0.1, 0.15) is 0 Å². The molecule has 0 saturated heterocycles. The van der Waals surface area contributed by atoms with Crippen molar-refractivity contribution in [3.05, 3.63) is 6.42 Å². The second-order valence-electron chi connectivity index (χ2n) is 1.55. The van der Waals surface area contributed by atoms with E-state index in [-0.39, 0.29) is 22.4 Å². The molecular formula is C7H7Ag. The smallest absolute Gasteiger partial charge is 0.358 e. The standard InChI is InChI=1S/C7H7.Ag/c1-4-5-6-7(2)3;/h7H,2-3H3;/q-1;+1. The largest absolute Gasteiger partial charge is 1.00 e. The first kappa shape index (κ1) is 10.8.